The number of unbranched alkanes of at least 4 members (excludes halogenated alkanes) is 3. The molecule has 0 aromatic carbocycles. The molecule has 0 spiro atoms. The zero-order chi connectivity index (χ0) is 10.2. The van der Waals surface area contributed by atoms with Gasteiger partial charge in [-0.2, -0.15) is 0 Å². The summed E-state index contributed by atoms with van der Waals surface area (Å²) in [5.74, 6) is 0. The molecule has 0 amide bonds. The number of hydrogen-bond donors (Lipinski definition) is 2. The second-order valence-electron chi connectivity index (χ2n) is 1.91. The molecule has 17 heavy (non-hydrogen) atoms. The molecule has 0 saturated heterocycles. The molecule has 110 valence electrons. The van der Waals surface area contributed by atoms with E-state index in [1.807, 2.05) is 0 Å². The third kappa shape index (κ3) is 776. The van der Waals surface area contributed by atoms with Crippen LogP contribution < -0.4 is 0 Å². The first-order valence-electron chi connectivity index (χ1n) is 3.82. The quantitative estimate of drug-likeness (QED) is 0.391. The minimum atomic E-state index is 0. The Morgan fingerprint density at radius 3 is 0.882 bits per heavy atom. The average Bonchev–Trinajstić information content (AvgIpc) is 2.04. The molecular weight excluding hydrogens is 216 g/mol. The molecular formula is C13H36N2O2. The molecule has 0 aliphatic heterocycles. The van der Waals surface area contributed by atoms with Crippen LogP contribution in [-0.4, -0.2) is 12.2 Å². The van der Waals surface area contributed by atoms with Crippen molar-refractivity contribution < 1.29 is 9.59 Å². The Morgan fingerprint density at radius 2 is 0.824 bits per heavy atom. The Balaban J connectivity index is -0.0000000111. The molecule has 0 aliphatic carbocycles. The lowest BCUT2D eigenvalue weighted by Crippen LogP contribution is -1.66. The Bertz CT molecular complexity index is 109. The van der Waals surface area contributed by atoms with E-state index >= 15 is 0 Å². The first kappa shape index (κ1) is 57.0. The van der Waals surface area contributed by atoms with Crippen LogP contribution in [0.3, 0.4) is 0 Å². The van der Waals surface area contributed by atoms with Crippen LogP contribution in [0.15, 0.2) is 0 Å². The van der Waals surface area contributed by atoms with Crippen LogP contribution in [0.1, 0.15) is 76.7 Å². The van der Waals surface area contributed by atoms with Crippen molar-refractivity contribution in [1.29, 1.82) is 10.8 Å². The van der Waals surface area contributed by atoms with Crippen molar-refractivity contribution >= 4 is 12.2 Å². The summed E-state index contributed by atoms with van der Waals surface area (Å²) in [6.07, 6.45) is 7.04. The van der Waals surface area contributed by atoms with Crippen molar-refractivity contribution in [3.63, 3.8) is 0 Å². The van der Waals surface area contributed by atoms with Crippen molar-refractivity contribution in [2.24, 2.45) is 0 Å². The van der Waals surface area contributed by atoms with E-state index in [2.05, 4.69) is 13.8 Å². The summed E-state index contributed by atoms with van der Waals surface area (Å²) in [5, 5.41) is 10.8. The predicted octanol–water partition coefficient (Wildman–Crippen LogP) is 5.57. The van der Waals surface area contributed by atoms with Crippen LogP contribution >= 0.6 is 0 Å². The number of nitrogens with one attached hydrogen (secondary N) is 2. The molecule has 4 nitrogen and oxygen atoms in total. The molecule has 0 bridgehead atoms. The first-order valence-corrected chi connectivity index (χ1v) is 3.82. The molecule has 0 radical (unpaired) electrons. The Morgan fingerprint density at radius 1 is 0.706 bits per heavy atom. The van der Waals surface area contributed by atoms with Crippen LogP contribution in [0.25, 0.3) is 0 Å². The van der Waals surface area contributed by atoms with Gasteiger partial charge in [0.15, 0.2) is 0 Å². The maximum atomic E-state index is 8.35. The summed E-state index contributed by atoms with van der Waals surface area (Å²) < 4.78 is 0. The van der Waals surface area contributed by atoms with Crippen molar-refractivity contribution in [2.45, 2.75) is 76.7 Å². The zero-order valence-corrected chi connectivity index (χ0v) is 7.64. The van der Waals surface area contributed by atoms with Gasteiger partial charge in [0.05, 0.1) is 0 Å². The van der Waals surface area contributed by atoms with E-state index < -0.39 is 0 Å². The minimum Gasteiger partial charge on any atom is -0.222 e. The number of rotatable bonds is 3. The van der Waals surface area contributed by atoms with Crippen molar-refractivity contribution in [3.8, 4) is 0 Å². The van der Waals surface area contributed by atoms with Crippen LogP contribution in [0.4, 0.5) is 0 Å². The summed E-state index contributed by atoms with van der Waals surface area (Å²) in [5.41, 5.74) is 0. The fraction of sp³-hybridized carbons (Fsp3) is 0.846. The smallest absolute Gasteiger partial charge is 0.222 e. The Labute approximate surface area is 110 Å². The molecule has 0 aliphatic rings. The van der Waals surface area contributed by atoms with E-state index in [9.17, 15) is 0 Å². The summed E-state index contributed by atoms with van der Waals surface area (Å²) >= 11 is 0. The number of carbonyl (C=O) groups excluding carboxylic acids is 2. The van der Waals surface area contributed by atoms with E-state index in [0.29, 0.717) is 0 Å². The summed E-state index contributed by atoms with van der Waals surface area (Å²) in [6, 6.07) is 0. The van der Waals surface area contributed by atoms with E-state index in [4.69, 9.17) is 20.4 Å². The van der Waals surface area contributed by atoms with Crippen molar-refractivity contribution in [1.82, 2.24) is 0 Å². The summed E-state index contributed by atoms with van der Waals surface area (Å²) in [7, 11) is 0. The lowest BCUT2D eigenvalue weighted by molar-refractivity contribution is 0.562. The second kappa shape index (κ2) is 123. The van der Waals surface area contributed by atoms with Crippen LogP contribution in [0.5, 0.6) is 0 Å². The predicted molar refractivity (Wildman–Crippen MR) is 80.3 cm³/mol. The minimum absolute atomic E-state index is 0. The van der Waals surface area contributed by atoms with Gasteiger partial charge in [-0.15, -0.1) is 0 Å². The number of hydrogen-bond acceptors (Lipinski definition) is 4. The molecule has 0 heterocycles. The third-order valence-corrected chi connectivity index (χ3v) is 0.957. The lowest BCUT2D eigenvalue weighted by Gasteiger charge is -1.86. The van der Waals surface area contributed by atoms with Gasteiger partial charge in [-0.3, -0.25) is 0 Å². The largest absolute Gasteiger partial charge is 0.231 e. The van der Waals surface area contributed by atoms with E-state index in [1.54, 1.807) is 0 Å². The molecule has 0 fully saturated rings. The van der Waals surface area contributed by atoms with Crippen molar-refractivity contribution in [3.05, 3.63) is 0 Å². The highest BCUT2D eigenvalue weighted by Gasteiger charge is 1.75. The van der Waals surface area contributed by atoms with Gasteiger partial charge in [0, 0.05) is 0 Å². The molecule has 0 unspecified atom stereocenters. The monoisotopic (exact) mass is 252 g/mol. The normalized spacial score (nSPS) is 4.12. The zero-order valence-electron chi connectivity index (χ0n) is 7.64. The van der Waals surface area contributed by atoms with E-state index in [0.717, 1.165) is 12.2 Å². The summed E-state index contributed by atoms with van der Waals surface area (Å²) in [4.78, 5) is 16.7. The van der Waals surface area contributed by atoms with Gasteiger partial charge in [0.1, 0.15) is 0 Å². The molecule has 0 aromatic rings. The molecule has 0 aromatic heterocycles. The highest BCUT2D eigenvalue weighted by atomic mass is 16.1. The SMILES string of the molecule is C.C.C.C.C.CCCCCC.N=C=O.N=C=O. The summed E-state index contributed by atoms with van der Waals surface area (Å²) in [6.45, 7) is 4.46. The fourth-order valence-electron chi connectivity index (χ4n) is 0.500. The highest BCUT2D eigenvalue weighted by Crippen LogP contribution is 1.95. The third-order valence-electron chi connectivity index (χ3n) is 0.957. The van der Waals surface area contributed by atoms with Crippen LogP contribution in [-0.2, 0) is 9.59 Å². The maximum absolute atomic E-state index is 8.35. The van der Waals surface area contributed by atoms with Crippen molar-refractivity contribution in [2.75, 3.05) is 0 Å². The molecule has 4 heteroatoms. The lowest BCUT2D eigenvalue weighted by atomic mass is 10.2. The van der Waals surface area contributed by atoms with Gasteiger partial charge in [-0.05, 0) is 0 Å². The number of isocyanates is 2. The van der Waals surface area contributed by atoms with Gasteiger partial charge in [-0.25, -0.2) is 20.4 Å². The molecule has 0 atom stereocenters. The molecule has 2 N–H and O–H groups in total. The van der Waals surface area contributed by atoms with Gasteiger partial charge >= 0.3 is 0 Å². The standard InChI is InChI=1S/C6H14.2CHNO.5CH4/c1-3-5-6-4-2;2*2-1-3;;;;;/h3-6H2,1-2H3;2*2H;5*1H4. The highest BCUT2D eigenvalue weighted by molar-refractivity contribution is 5.26. The van der Waals surface area contributed by atoms with Crippen LogP contribution in [0.2, 0.25) is 0 Å². The average molecular weight is 252 g/mol. The fourth-order valence-corrected chi connectivity index (χ4v) is 0.500. The molecule has 0 saturated carbocycles. The second-order valence-corrected chi connectivity index (χ2v) is 1.91. The Kier molecular flexibility index (Phi) is 414. The first-order chi connectivity index (χ1) is 5.74. The van der Waals surface area contributed by atoms with Gasteiger partial charge in [0.2, 0.25) is 12.2 Å². The van der Waals surface area contributed by atoms with Gasteiger partial charge in [0.25, 0.3) is 0 Å². The van der Waals surface area contributed by atoms with Crippen LogP contribution in [0, 0.1) is 10.8 Å². The topological polar surface area (TPSA) is 81.8 Å². The van der Waals surface area contributed by atoms with E-state index in [-0.39, 0.29) is 37.1 Å². The maximum Gasteiger partial charge on any atom is 0.231 e. The molecule has 0 rings (SSSR count). The van der Waals surface area contributed by atoms with Gasteiger partial charge in [-0.1, -0.05) is 76.7 Å². The Hall–Kier alpha value is -1.24. The van der Waals surface area contributed by atoms with Gasteiger partial charge < -0.3 is 0 Å². The van der Waals surface area contributed by atoms with E-state index in [1.165, 1.54) is 25.7 Å².